The first-order valence-corrected chi connectivity index (χ1v) is 8.77. The number of H-pyrrole nitrogens is 1. The molecule has 0 spiro atoms. The Kier molecular flexibility index (Phi) is 4.90. The molecule has 2 heterocycles. The summed E-state index contributed by atoms with van der Waals surface area (Å²) in [5.41, 5.74) is 2.33. The summed E-state index contributed by atoms with van der Waals surface area (Å²) in [6, 6.07) is 0.278. The molecule has 2 aliphatic rings. The highest BCUT2D eigenvalue weighted by molar-refractivity contribution is 5.76. The van der Waals surface area contributed by atoms with Crippen LogP contribution in [0.1, 0.15) is 50.3 Å². The van der Waals surface area contributed by atoms with Crippen molar-refractivity contribution in [2.24, 2.45) is 0 Å². The van der Waals surface area contributed by atoms with Gasteiger partial charge in [0.25, 0.3) is 0 Å². The van der Waals surface area contributed by atoms with Gasteiger partial charge in [0.15, 0.2) is 0 Å². The average Bonchev–Trinajstić information content (AvgIpc) is 3.14. The topological polar surface area (TPSA) is 70.2 Å². The van der Waals surface area contributed by atoms with E-state index in [0.717, 1.165) is 51.5 Å². The van der Waals surface area contributed by atoms with Crippen molar-refractivity contribution in [2.45, 2.75) is 63.5 Å². The van der Waals surface area contributed by atoms with Gasteiger partial charge in [-0.15, -0.1) is 0 Å². The lowest BCUT2D eigenvalue weighted by Crippen LogP contribution is -2.56. The predicted octanol–water partition coefficient (Wildman–Crippen LogP) is 2.26. The Morgan fingerprint density at radius 1 is 1.61 bits per heavy atom. The Labute approximate surface area is 138 Å². The summed E-state index contributed by atoms with van der Waals surface area (Å²) in [7, 11) is 1.73. The van der Waals surface area contributed by atoms with Gasteiger partial charge in [-0.05, 0) is 44.1 Å². The zero-order valence-electron chi connectivity index (χ0n) is 14.2. The zero-order chi connectivity index (χ0) is 16.3. The van der Waals surface area contributed by atoms with E-state index in [0.29, 0.717) is 6.61 Å². The number of aryl methyl sites for hydroxylation is 1. The highest BCUT2D eigenvalue weighted by Gasteiger charge is 2.43. The van der Waals surface area contributed by atoms with Crippen LogP contribution < -0.4 is 5.32 Å². The van der Waals surface area contributed by atoms with Gasteiger partial charge in [-0.2, -0.15) is 5.10 Å². The average molecular weight is 320 g/mol. The summed E-state index contributed by atoms with van der Waals surface area (Å²) in [6.45, 7) is 3.64. The lowest BCUT2D eigenvalue weighted by atomic mass is 9.91. The summed E-state index contributed by atoms with van der Waals surface area (Å²) in [5.74, 6) is 0. The van der Waals surface area contributed by atoms with Gasteiger partial charge in [-0.3, -0.25) is 5.10 Å². The molecular formula is C17H28N4O2. The second kappa shape index (κ2) is 6.91. The Morgan fingerprint density at radius 2 is 2.48 bits per heavy atom. The highest BCUT2D eigenvalue weighted by Crippen LogP contribution is 2.34. The molecule has 0 saturated carbocycles. The van der Waals surface area contributed by atoms with Gasteiger partial charge in [0.1, 0.15) is 0 Å². The lowest BCUT2D eigenvalue weighted by Gasteiger charge is -2.39. The van der Waals surface area contributed by atoms with Crippen LogP contribution in [0, 0.1) is 0 Å². The van der Waals surface area contributed by atoms with Crippen LogP contribution in [0.25, 0.3) is 0 Å². The molecule has 1 fully saturated rings. The maximum atomic E-state index is 12.9. The van der Waals surface area contributed by atoms with E-state index in [1.54, 1.807) is 7.11 Å². The molecule has 6 nitrogen and oxygen atoms in total. The van der Waals surface area contributed by atoms with Crippen molar-refractivity contribution < 1.29 is 9.53 Å². The molecule has 0 aromatic carbocycles. The summed E-state index contributed by atoms with van der Waals surface area (Å²) in [5, 5.41) is 10.4. The van der Waals surface area contributed by atoms with Crippen LogP contribution in [0.4, 0.5) is 4.79 Å². The Balaban J connectivity index is 1.65. The molecule has 1 saturated heterocycles. The molecule has 0 unspecified atom stereocenters. The zero-order valence-corrected chi connectivity index (χ0v) is 14.2. The lowest BCUT2D eigenvalue weighted by molar-refractivity contribution is 0.0492. The third kappa shape index (κ3) is 3.22. The molecule has 1 aromatic heterocycles. The predicted molar refractivity (Wildman–Crippen MR) is 88.4 cm³/mol. The largest absolute Gasteiger partial charge is 0.382 e. The van der Waals surface area contributed by atoms with Crippen molar-refractivity contribution >= 4 is 6.03 Å². The summed E-state index contributed by atoms with van der Waals surface area (Å²) in [6.07, 6.45) is 8.86. The Hall–Kier alpha value is -1.56. The Morgan fingerprint density at radius 3 is 3.26 bits per heavy atom. The molecule has 2 N–H and O–H groups in total. The first-order valence-electron chi connectivity index (χ1n) is 8.77. The number of aromatic nitrogens is 2. The molecule has 0 bridgehead atoms. The number of amides is 2. The van der Waals surface area contributed by atoms with Gasteiger partial charge in [-0.1, -0.05) is 13.3 Å². The van der Waals surface area contributed by atoms with Crippen LogP contribution in [-0.2, 0) is 17.6 Å². The van der Waals surface area contributed by atoms with E-state index in [9.17, 15) is 4.79 Å². The van der Waals surface area contributed by atoms with Crippen molar-refractivity contribution in [3.05, 3.63) is 17.5 Å². The second-order valence-corrected chi connectivity index (χ2v) is 6.93. The van der Waals surface area contributed by atoms with E-state index in [1.165, 1.54) is 11.3 Å². The highest BCUT2D eigenvalue weighted by atomic mass is 16.5. The number of nitrogens with zero attached hydrogens (tertiary/aromatic N) is 2. The number of carbonyl (C=O) groups is 1. The molecule has 1 aliphatic heterocycles. The fourth-order valence-corrected chi connectivity index (χ4v) is 4.26. The minimum atomic E-state index is -0.122. The molecule has 3 rings (SSSR count). The fourth-order valence-electron chi connectivity index (χ4n) is 4.26. The minimum absolute atomic E-state index is 0.0740. The van der Waals surface area contributed by atoms with Crippen molar-refractivity contribution in [3.8, 4) is 0 Å². The van der Waals surface area contributed by atoms with Crippen LogP contribution in [0.5, 0.6) is 0 Å². The van der Waals surface area contributed by atoms with Gasteiger partial charge in [-0.25, -0.2) is 4.79 Å². The van der Waals surface area contributed by atoms with Gasteiger partial charge in [0.05, 0.1) is 18.3 Å². The standard InChI is InChI=1S/C17H28N4O2/c1-3-7-17(12-23-2)8-4-9-21(17)16(22)19-14-5-6-15-13(10-14)11-18-20-15/h11,14H,3-10,12H2,1-2H3,(H,18,20)(H,19,22)/t14-,17-/m0/s1. The second-order valence-electron chi connectivity index (χ2n) is 6.93. The van der Waals surface area contributed by atoms with Gasteiger partial charge >= 0.3 is 6.03 Å². The van der Waals surface area contributed by atoms with Crippen LogP contribution in [0.2, 0.25) is 0 Å². The smallest absolute Gasteiger partial charge is 0.318 e. The maximum Gasteiger partial charge on any atom is 0.318 e. The molecule has 1 aliphatic carbocycles. The number of methoxy groups -OCH3 is 1. The number of hydrogen-bond donors (Lipinski definition) is 2. The third-order valence-corrected chi connectivity index (χ3v) is 5.31. The summed E-state index contributed by atoms with van der Waals surface area (Å²) >= 11 is 0. The molecule has 1 aromatic rings. The number of fused-ring (bicyclic) bond motifs is 1. The number of ether oxygens (including phenoxy) is 1. The summed E-state index contributed by atoms with van der Waals surface area (Å²) in [4.78, 5) is 14.9. The normalized spacial score (nSPS) is 27.0. The monoisotopic (exact) mass is 320 g/mol. The van der Waals surface area contributed by atoms with Gasteiger partial charge < -0.3 is 15.0 Å². The number of rotatable bonds is 5. The quantitative estimate of drug-likeness (QED) is 0.874. The minimum Gasteiger partial charge on any atom is -0.382 e. The van der Waals surface area contributed by atoms with Crippen LogP contribution in [0.3, 0.4) is 0 Å². The molecule has 2 amide bonds. The SMILES string of the molecule is CCC[C@@]1(COC)CCCN1C(=O)N[C@H]1CCc2[nH]ncc2C1. The Bertz CT molecular complexity index is 536. The van der Waals surface area contributed by atoms with E-state index >= 15 is 0 Å². The fraction of sp³-hybridized carbons (Fsp3) is 0.765. The number of aromatic amines is 1. The third-order valence-electron chi connectivity index (χ3n) is 5.31. The number of nitrogens with one attached hydrogen (secondary N) is 2. The number of urea groups is 1. The first-order chi connectivity index (χ1) is 11.2. The molecule has 128 valence electrons. The van der Waals surface area contributed by atoms with E-state index < -0.39 is 0 Å². The molecule has 23 heavy (non-hydrogen) atoms. The van der Waals surface area contributed by atoms with E-state index in [-0.39, 0.29) is 17.6 Å². The molecule has 6 heteroatoms. The number of carbonyl (C=O) groups excluding carboxylic acids is 1. The molecule has 2 atom stereocenters. The van der Waals surface area contributed by atoms with Gasteiger partial charge in [0, 0.05) is 25.4 Å². The van der Waals surface area contributed by atoms with E-state index in [4.69, 9.17) is 4.74 Å². The number of hydrogen-bond acceptors (Lipinski definition) is 3. The number of likely N-dealkylation sites (tertiary alicyclic amines) is 1. The van der Waals surface area contributed by atoms with Crippen molar-refractivity contribution in [3.63, 3.8) is 0 Å². The molecular weight excluding hydrogens is 292 g/mol. The van der Waals surface area contributed by atoms with Crippen LogP contribution in [-0.4, -0.2) is 53.0 Å². The van der Waals surface area contributed by atoms with Crippen LogP contribution >= 0.6 is 0 Å². The molecule has 0 radical (unpaired) electrons. The van der Waals surface area contributed by atoms with Crippen molar-refractivity contribution in [1.82, 2.24) is 20.4 Å². The van der Waals surface area contributed by atoms with Crippen LogP contribution in [0.15, 0.2) is 6.20 Å². The van der Waals surface area contributed by atoms with Gasteiger partial charge in [0.2, 0.25) is 0 Å². The van der Waals surface area contributed by atoms with E-state index in [1.807, 2.05) is 11.1 Å². The maximum absolute atomic E-state index is 12.9. The van der Waals surface area contributed by atoms with Crippen molar-refractivity contribution in [2.75, 3.05) is 20.3 Å². The summed E-state index contributed by atoms with van der Waals surface area (Å²) < 4.78 is 5.45. The van der Waals surface area contributed by atoms with Crippen molar-refractivity contribution in [1.29, 1.82) is 0 Å². The van der Waals surface area contributed by atoms with E-state index in [2.05, 4.69) is 22.4 Å². The first kappa shape index (κ1) is 16.3.